The molecule has 2 aromatic heterocycles. The Bertz CT molecular complexity index is 1140. The van der Waals surface area contributed by atoms with E-state index in [0.29, 0.717) is 22.6 Å². The molecule has 0 radical (unpaired) electrons. The van der Waals surface area contributed by atoms with Crippen molar-refractivity contribution in [2.24, 2.45) is 0 Å². The van der Waals surface area contributed by atoms with E-state index in [-0.39, 0.29) is 5.69 Å². The Balaban J connectivity index is 1.82. The van der Waals surface area contributed by atoms with Crippen LogP contribution in [0.5, 0.6) is 0 Å². The van der Waals surface area contributed by atoms with Crippen LogP contribution in [-0.4, -0.2) is 27.1 Å². The molecule has 0 spiro atoms. The van der Waals surface area contributed by atoms with E-state index >= 15 is 0 Å². The van der Waals surface area contributed by atoms with E-state index in [4.69, 9.17) is 4.42 Å². The normalized spacial score (nSPS) is 10.7. The molecule has 142 valence electrons. The van der Waals surface area contributed by atoms with Crippen molar-refractivity contribution in [3.05, 3.63) is 89.2 Å². The molecule has 2 heterocycles. The van der Waals surface area contributed by atoms with Gasteiger partial charge in [-0.15, -0.1) is 0 Å². The molecule has 2 N–H and O–H groups in total. The molecule has 8 heteroatoms. The molecule has 0 bridgehead atoms. The minimum Gasteiger partial charge on any atom is -0.463 e. The molecule has 0 fully saturated rings. The number of nitrogens with zero attached hydrogens (tertiary/aromatic N) is 2. The Morgan fingerprint density at radius 1 is 0.862 bits per heavy atom. The third-order valence-electron chi connectivity index (χ3n) is 4.52. The van der Waals surface area contributed by atoms with Gasteiger partial charge in [-0.05, 0) is 53.0 Å². The quantitative estimate of drug-likeness (QED) is 0.310. The predicted octanol–water partition coefficient (Wildman–Crippen LogP) is 3.26. The summed E-state index contributed by atoms with van der Waals surface area (Å²) in [5, 5.41) is 29.5. The van der Waals surface area contributed by atoms with Crippen molar-refractivity contribution < 1.29 is 19.4 Å². The van der Waals surface area contributed by atoms with Gasteiger partial charge in [0.2, 0.25) is 0 Å². The number of nitro groups is 1. The highest BCUT2D eigenvalue weighted by molar-refractivity contribution is 6.58. The van der Waals surface area contributed by atoms with E-state index in [1.807, 2.05) is 12.1 Å². The van der Waals surface area contributed by atoms with Crippen LogP contribution in [0.2, 0.25) is 0 Å². The molecule has 0 amide bonds. The van der Waals surface area contributed by atoms with Crippen molar-refractivity contribution in [2.45, 2.75) is 0 Å². The van der Waals surface area contributed by atoms with Crippen molar-refractivity contribution in [2.75, 3.05) is 0 Å². The highest BCUT2D eigenvalue weighted by atomic mass is 16.6. The number of benzene rings is 2. The smallest absolute Gasteiger partial charge is 0.463 e. The molecule has 0 unspecified atom stereocenters. The van der Waals surface area contributed by atoms with Crippen molar-refractivity contribution in [3.8, 4) is 33.8 Å². The SMILES string of the molecule is O=[N+]([O-])c1ccc(-c2cc(-c3ccc(B(O)O)cc3)cc(-c3ccco3)n2)cc1. The summed E-state index contributed by atoms with van der Waals surface area (Å²) in [6, 6.07) is 20.4. The molecule has 4 aromatic rings. The molecular weight excluding hydrogens is 371 g/mol. The summed E-state index contributed by atoms with van der Waals surface area (Å²) in [5.41, 5.74) is 4.08. The number of furan rings is 1. The fourth-order valence-electron chi connectivity index (χ4n) is 3.00. The van der Waals surface area contributed by atoms with Gasteiger partial charge in [-0.1, -0.05) is 24.3 Å². The molecular formula is C21H15BN2O5. The van der Waals surface area contributed by atoms with Crippen molar-refractivity contribution >= 4 is 18.3 Å². The Hall–Kier alpha value is -3.75. The van der Waals surface area contributed by atoms with Crippen LogP contribution in [0.1, 0.15) is 0 Å². The molecule has 0 saturated carbocycles. The summed E-state index contributed by atoms with van der Waals surface area (Å²) < 4.78 is 5.48. The van der Waals surface area contributed by atoms with E-state index in [0.717, 1.165) is 16.7 Å². The van der Waals surface area contributed by atoms with Crippen molar-refractivity contribution in [1.82, 2.24) is 4.98 Å². The van der Waals surface area contributed by atoms with Gasteiger partial charge < -0.3 is 14.5 Å². The topological polar surface area (TPSA) is 110 Å². The maximum absolute atomic E-state index is 10.9. The van der Waals surface area contributed by atoms with E-state index in [1.165, 1.54) is 12.1 Å². The summed E-state index contributed by atoms with van der Waals surface area (Å²) in [5.74, 6) is 0.595. The lowest BCUT2D eigenvalue weighted by Crippen LogP contribution is -2.29. The van der Waals surface area contributed by atoms with Gasteiger partial charge in [-0.2, -0.15) is 0 Å². The fourth-order valence-corrected chi connectivity index (χ4v) is 3.00. The molecule has 2 aromatic carbocycles. The molecule has 0 saturated heterocycles. The monoisotopic (exact) mass is 386 g/mol. The molecule has 7 nitrogen and oxygen atoms in total. The predicted molar refractivity (Wildman–Crippen MR) is 109 cm³/mol. The molecule has 0 aliphatic carbocycles. The van der Waals surface area contributed by atoms with Crippen LogP contribution in [-0.2, 0) is 0 Å². The molecule has 29 heavy (non-hydrogen) atoms. The van der Waals surface area contributed by atoms with E-state index in [1.54, 1.807) is 54.8 Å². The van der Waals surface area contributed by atoms with Crippen LogP contribution in [0.25, 0.3) is 33.8 Å². The summed E-state index contributed by atoms with van der Waals surface area (Å²) in [6.45, 7) is 0. The van der Waals surface area contributed by atoms with Crippen LogP contribution in [0.4, 0.5) is 5.69 Å². The third kappa shape index (κ3) is 3.93. The standard InChI is InChI=1S/C21H15BN2O5/c25-22(26)17-7-3-14(4-8-17)16-12-19(15-5-9-18(10-6-15)24(27)28)23-20(13-16)21-2-1-11-29-21/h1-13,25-26H. The van der Waals surface area contributed by atoms with Crippen molar-refractivity contribution in [3.63, 3.8) is 0 Å². The molecule has 0 aliphatic rings. The second-order valence-electron chi connectivity index (χ2n) is 6.40. The lowest BCUT2D eigenvalue weighted by Gasteiger charge is -2.09. The zero-order valence-corrected chi connectivity index (χ0v) is 15.1. The lowest BCUT2D eigenvalue weighted by atomic mass is 9.80. The van der Waals surface area contributed by atoms with Gasteiger partial charge in [0.1, 0.15) is 5.69 Å². The second kappa shape index (κ2) is 7.71. The summed E-state index contributed by atoms with van der Waals surface area (Å²) in [6.07, 6.45) is 1.56. The Labute approximate surface area is 166 Å². The zero-order chi connectivity index (χ0) is 20.4. The first kappa shape index (κ1) is 18.6. The number of hydrogen-bond acceptors (Lipinski definition) is 6. The van der Waals surface area contributed by atoms with E-state index < -0.39 is 12.0 Å². The molecule has 0 atom stereocenters. The second-order valence-corrected chi connectivity index (χ2v) is 6.40. The first-order valence-electron chi connectivity index (χ1n) is 8.78. The van der Waals surface area contributed by atoms with Crippen LogP contribution in [0.3, 0.4) is 0 Å². The lowest BCUT2D eigenvalue weighted by molar-refractivity contribution is -0.384. The Morgan fingerprint density at radius 2 is 1.52 bits per heavy atom. The number of non-ortho nitro benzene ring substituents is 1. The number of aromatic nitrogens is 1. The zero-order valence-electron chi connectivity index (χ0n) is 15.1. The van der Waals surface area contributed by atoms with Crippen LogP contribution in [0, 0.1) is 10.1 Å². The third-order valence-corrected chi connectivity index (χ3v) is 4.52. The van der Waals surface area contributed by atoms with Gasteiger partial charge in [0.05, 0.1) is 16.9 Å². The van der Waals surface area contributed by atoms with Gasteiger partial charge in [-0.25, -0.2) is 4.98 Å². The highest BCUT2D eigenvalue weighted by Gasteiger charge is 2.14. The van der Waals surface area contributed by atoms with Gasteiger partial charge >= 0.3 is 7.12 Å². The van der Waals surface area contributed by atoms with E-state index in [9.17, 15) is 20.2 Å². The van der Waals surface area contributed by atoms with Crippen molar-refractivity contribution in [1.29, 1.82) is 0 Å². The average Bonchev–Trinajstić information content (AvgIpc) is 3.28. The van der Waals surface area contributed by atoms with Crippen LogP contribution >= 0.6 is 0 Å². The summed E-state index contributed by atoms with van der Waals surface area (Å²) in [4.78, 5) is 15.1. The number of pyridine rings is 1. The first-order valence-corrected chi connectivity index (χ1v) is 8.78. The molecule has 4 rings (SSSR count). The van der Waals surface area contributed by atoms with E-state index in [2.05, 4.69) is 4.98 Å². The van der Waals surface area contributed by atoms with Gasteiger partial charge in [0.25, 0.3) is 5.69 Å². The largest absolute Gasteiger partial charge is 0.488 e. The summed E-state index contributed by atoms with van der Waals surface area (Å²) >= 11 is 0. The van der Waals surface area contributed by atoms with Gasteiger partial charge in [0.15, 0.2) is 5.76 Å². The molecule has 0 aliphatic heterocycles. The Kier molecular flexibility index (Phi) is 4.95. The highest BCUT2D eigenvalue weighted by Crippen LogP contribution is 2.30. The Morgan fingerprint density at radius 3 is 2.10 bits per heavy atom. The number of hydrogen-bond donors (Lipinski definition) is 2. The van der Waals surface area contributed by atoms with Gasteiger partial charge in [-0.3, -0.25) is 10.1 Å². The minimum atomic E-state index is -1.53. The average molecular weight is 386 g/mol. The maximum Gasteiger partial charge on any atom is 0.488 e. The number of nitro benzene ring substituents is 1. The van der Waals surface area contributed by atoms with Crippen LogP contribution < -0.4 is 5.46 Å². The van der Waals surface area contributed by atoms with Crippen LogP contribution in [0.15, 0.2) is 83.5 Å². The summed E-state index contributed by atoms with van der Waals surface area (Å²) in [7, 11) is -1.53. The van der Waals surface area contributed by atoms with Gasteiger partial charge in [0, 0.05) is 17.7 Å². The fraction of sp³-hybridized carbons (Fsp3) is 0. The number of rotatable bonds is 5. The first-order chi connectivity index (χ1) is 14.0. The maximum atomic E-state index is 10.9. The minimum absolute atomic E-state index is 0.00862.